The Morgan fingerprint density at radius 3 is 0.907 bits per heavy atom. The van der Waals surface area contributed by atoms with Gasteiger partial charge in [0.15, 0.2) is 6.10 Å². The Balaban J connectivity index is 4.22. The Morgan fingerprint density at radius 2 is 0.611 bits per heavy atom. The SMILES string of the molecule is CCCCCCCCCC(=O)OC[C@@H](COC(=O)CCCCCCCCCCCCCCCCC(C)C)OC(=O)CCCCCCCCCCCC(C)C. The van der Waals surface area contributed by atoms with E-state index in [1.165, 1.54) is 148 Å². The van der Waals surface area contributed by atoms with Crippen molar-refractivity contribution in [1.29, 1.82) is 0 Å². The Kier molecular flexibility index (Phi) is 39.8. The smallest absolute Gasteiger partial charge is 0.306 e. The van der Waals surface area contributed by atoms with Gasteiger partial charge in [-0.3, -0.25) is 14.4 Å². The van der Waals surface area contributed by atoms with Crippen molar-refractivity contribution in [2.24, 2.45) is 11.8 Å². The highest BCUT2D eigenvalue weighted by atomic mass is 16.6. The molecule has 0 bridgehead atoms. The summed E-state index contributed by atoms with van der Waals surface area (Å²) in [7, 11) is 0. The van der Waals surface area contributed by atoms with Crippen LogP contribution >= 0.6 is 0 Å². The molecule has 0 fully saturated rings. The zero-order valence-electron chi connectivity index (χ0n) is 36.8. The molecule has 0 aliphatic heterocycles. The molecule has 0 saturated carbocycles. The number of hydrogen-bond acceptors (Lipinski definition) is 6. The number of carbonyl (C=O) groups is 3. The number of carbonyl (C=O) groups excluding carboxylic acids is 3. The van der Waals surface area contributed by atoms with Crippen LogP contribution in [0.5, 0.6) is 0 Å². The third-order valence-corrected chi connectivity index (χ3v) is 10.7. The van der Waals surface area contributed by atoms with Crippen LogP contribution in [0.4, 0.5) is 0 Å². The molecule has 0 spiro atoms. The average Bonchev–Trinajstić information content (AvgIpc) is 3.14. The maximum absolute atomic E-state index is 12.7. The summed E-state index contributed by atoms with van der Waals surface area (Å²) in [6.45, 7) is 11.3. The first kappa shape index (κ1) is 52.4. The van der Waals surface area contributed by atoms with Gasteiger partial charge in [0, 0.05) is 19.3 Å². The summed E-state index contributed by atoms with van der Waals surface area (Å²) in [5.74, 6) is 0.789. The summed E-state index contributed by atoms with van der Waals surface area (Å²) in [6.07, 6.45) is 39.6. The highest BCUT2D eigenvalue weighted by Gasteiger charge is 2.19. The molecule has 0 N–H and O–H groups in total. The molecule has 0 unspecified atom stereocenters. The molecule has 0 aromatic heterocycles. The van der Waals surface area contributed by atoms with Crippen molar-refractivity contribution >= 4 is 17.9 Å². The predicted molar refractivity (Wildman–Crippen MR) is 229 cm³/mol. The van der Waals surface area contributed by atoms with Gasteiger partial charge in [0.25, 0.3) is 0 Å². The standard InChI is InChI=1S/C48H92O6/c1-6-7-8-9-21-28-33-38-46(49)52-41-45(54-48(51)40-35-30-25-20-16-18-23-27-32-37-44(4)5)42-53-47(50)39-34-29-24-19-15-13-11-10-12-14-17-22-26-31-36-43(2)3/h43-45H,6-42H2,1-5H3/t45-/m0/s1. The first-order valence-corrected chi connectivity index (χ1v) is 23.7. The van der Waals surface area contributed by atoms with E-state index in [4.69, 9.17) is 14.2 Å². The monoisotopic (exact) mass is 765 g/mol. The lowest BCUT2D eigenvalue weighted by Gasteiger charge is -2.18. The first-order valence-electron chi connectivity index (χ1n) is 23.7. The fourth-order valence-electron chi connectivity index (χ4n) is 7.11. The third-order valence-electron chi connectivity index (χ3n) is 10.7. The molecule has 0 saturated heterocycles. The second-order valence-electron chi connectivity index (χ2n) is 17.3. The van der Waals surface area contributed by atoms with Crippen molar-refractivity contribution in [1.82, 2.24) is 0 Å². The molecule has 6 heteroatoms. The number of hydrogen-bond donors (Lipinski definition) is 0. The quantitative estimate of drug-likeness (QED) is 0.0350. The lowest BCUT2D eigenvalue weighted by molar-refractivity contribution is -0.167. The lowest BCUT2D eigenvalue weighted by Crippen LogP contribution is -2.30. The normalized spacial score (nSPS) is 12.1. The van der Waals surface area contributed by atoms with E-state index in [0.29, 0.717) is 19.3 Å². The molecule has 1 atom stereocenters. The Hall–Kier alpha value is -1.59. The van der Waals surface area contributed by atoms with Crippen molar-refractivity contribution in [3.05, 3.63) is 0 Å². The fourth-order valence-corrected chi connectivity index (χ4v) is 7.11. The van der Waals surface area contributed by atoms with E-state index in [1.807, 2.05) is 0 Å². The maximum Gasteiger partial charge on any atom is 0.306 e. The largest absolute Gasteiger partial charge is 0.462 e. The number of unbranched alkanes of at least 4 members (excludes halogenated alkanes) is 27. The van der Waals surface area contributed by atoms with E-state index in [-0.39, 0.29) is 31.1 Å². The molecule has 0 aromatic rings. The summed E-state index contributed by atoms with van der Waals surface area (Å²) >= 11 is 0. The van der Waals surface area contributed by atoms with Gasteiger partial charge in [0.05, 0.1) is 0 Å². The van der Waals surface area contributed by atoms with Crippen molar-refractivity contribution in [3.8, 4) is 0 Å². The van der Waals surface area contributed by atoms with Crippen LogP contribution in [0.25, 0.3) is 0 Å². The van der Waals surface area contributed by atoms with E-state index in [1.54, 1.807) is 0 Å². The minimum absolute atomic E-state index is 0.0649. The van der Waals surface area contributed by atoms with E-state index >= 15 is 0 Å². The van der Waals surface area contributed by atoms with E-state index < -0.39 is 6.10 Å². The van der Waals surface area contributed by atoms with Gasteiger partial charge in [0.2, 0.25) is 0 Å². The molecule has 320 valence electrons. The van der Waals surface area contributed by atoms with Gasteiger partial charge in [-0.25, -0.2) is 0 Å². The van der Waals surface area contributed by atoms with Crippen molar-refractivity contribution in [2.75, 3.05) is 13.2 Å². The van der Waals surface area contributed by atoms with Crippen LogP contribution < -0.4 is 0 Å². The summed E-state index contributed by atoms with van der Waals surface area (Å²) in [5.41, 5.74) is 0. The summed E-state index contributed by atoms with van der Waals surface area (Å²) < 4.78 is 16.7. The second kappa shape index (κ2) is 41.1. The predicted octanol–water partition coefficient (Wildman–Crippen LogP) is 15.0. The molecule has 0 rings (SSSR count). The van der Waals surface area contributed by atoms with Crippen LogP contribution in [0, 0.1) is 11.8 Å². The molecule has 0 radical (unpaired) electrons. The van der Waals surface area contributed by atoms with Gasteiger partial charge in [-0.1, -0.05) is 221 Å². The van der Waals surface area contributed by atoms with Gasteiger partial charge in [0.1, 0.15) is 13.2 Å². The molecule has 0 aromatic carbocycles. The molecular formula is C48H92O6. The second-order valence-corrected chi connectivity index (χ2v) is 17.3. The zero-order valence-corrected chi connectivity index (χ0v) is 36.8. The van der Waals surface area contributed by atoms with E-state index in [9.17, 15) is 14.4 Å². The molecule has 54 heavy (non-hydrogen) atoms. The van der Waals surface area contributed by atoms with Crippen LogP contribution in [0.1, 0.15) is 259 Å². The fraction of sp³-hybridized carbons (Fsp3) is 0.938. The lowest BCUT2D eigenvalue weighted by atomic mass is 10.0. The van der Waals surface area contributed by atoms with Gasteiger partial charge in [-0.15, -0.1) is 0 Å². The van der Waals surface area contributed by atoms with Crippen LogP contribution in [0.2, 0.25) is 0 Å². The van der Waals surface area contributed by atoms with Crippen LogP contribution in [-0.4, -0.2) is 37.2 Å². The molecule has 6 nitrogen and oxygen atoms in total. The zero-order chi connectivity index (χ0) is 39.7. The minimum Gasteiger partial charge on any atom is -0.462 e. The summed E-state index contributed by atoms with van der Waals surface area (Å²) in [5, 5.41) is 0. The molecular weight excluding hydrogens is 673 g/mol. The number of esters is 3. The average molecular weight is 765 g/mol. The molecule has 0 aliphatic carbocycles. The molecule has 0 heterocycles. The summed E-state index contributed by atoms with van der Waals surface area (Å²) in [4.78, 5) is 37.6. The Morgan fingerprint density at radius 1 is 0.352 bits per heavy atom. The van der Waals surface area contributed by atoms with Gasteiger partial charge >= 0.3 is 17.9 Å². The van der Waals surface area contributed by atoms with E-state index in [0.717, 1.165) is 69.6 Å². The Labute approximate surface area is 336 Å². The third kappa shape index (κ3) is 41.6. The van der Waals surface area contributed by atoms with Crippen LogP contribution in [-0.2, 0) is 28.6 Å². The highest BCUT2D eigenvalue weighted by molar-refractivity contribution is 5.71. The number of ether oxygens (including phenoxy) is 3. The van der Waals surface area contributed by atoms with Crippen LogP contribution in [0.3, 0.4) is 0 Å². The number of rotatable bonds is 42. The highest BCUT2D eigenvalue weighted by Crippen LogP contribution is 2.17. The molecule has 0 amide bonds. The van der Waals surface area contributed by atoms with Gasteiger partial charge < -0.3 is 14.2 Å². The minimum atomic E-state index is -0.759. The summed E-state index contributed by atoms with van der Waals surface area (Å²) in [6, 6.07) is 0. The van der Waals surface area contributed by atoms with Gasteiger partial charge in [-0.05, 0) is 31.1 Å². The van der Waals surface area contributed by atoms with Crippen LogP contribution in [0.15, 0.2) is 0 Å². The molecule has 0 aliphatic rings. The maximum atomic E-state index is 12.7. The van der Waals surface area contributed by atoms with Crippen molar-refractivity contribution in [2.45, 2.75) is 265 Å². The van der Waals surface area contributed by atoms with Crippen molar-refractivity contribution in [3.63, 3.8) is 0 Å². The Bertz CT molecular complexity index is 824. The van der Waals surface area contributed by atoms with E-state index in [2.05, 4.69) is 34.6 Å². The topological polar surface area (TPSA) is 78.9 Å². The van der Waals surface area contributed by atoms with Gasteiger partial charge in [-0.2, -0.15) is 0 Å². The first-order chi connectivity index (χ1) is 26.2. The van der Waals surface area contributed by atoms with Crippen molar-refractivity contribution < 1.29 is 28.6 Å².